The molecule has 0 aliphatic rings. The topological polar surface area (TPSA) is 63.6 Å². The van der Waals surface area contributed by atoms with Gasteiger partial charge in [-0.2, -0.15) is 0 Å². The summed E-state index contributed by atoms with van der Waals surface area (Å²) in [7, 11) is 0. The molecule has 154 valence electrons. The molecule has 0 unspecified atom stereocenters. The normalized spacial score (nSPS) is 11.3. The number of aromatic nitrogens is 1. The molecule has 4 heteroatoms. The Balaban J connectivity index is 1.46. The second-order valence-electron chi connectivity index (χ2n) is 7.74. The summed E-state index contributed by atoms with van der Waals surface area (Å²) >= 11 is 0. The fourth-order valence-corrected chi connectivity index (χ4v) is 3.83. The molecule has 0 radical (unpaired) electrons. The average molecular weight is 415 g/mol. The van der Waals surface area contributed by atoms with Gasteiger partial charge in [0.25, 0.3) is 0 Å². The number of pyridine rings is 1. The van der Waals surface area contributed by atoms with Gasteiger partial charge in [0.15, 0.2) is 0 Å². The molecule has 1 heterocycles. The summed E-state index contributed by atoms with van der Waals surface area (Å²) in [5, 5.41) is 10.8. The van der Waals surface area contributed by atoms with Gasteiger partial charge in [0.2, 0.25) is 0 Å². The molecule has 1 aromatic heterocycles. The van der Waals surface area contributed by atoms with E-state index >= 15 is 0 Å². The van der Waals surface area contributed by atoms with Gasteiger partial charge in [0.05, 0.1) is 17.6 Å². The van der Waals surface area contributed by atoms with Gasteiger partial charge in [-0.3, -0.25) is 4.98 Å². The maximum absolute atomic E-state index is 6.30. The minimum atomic E-state index is 0.628. The van der Waals surface area contributed by atoms with Crippen LogP contribution >= 0.6 is 0 Å². The summed E-state index contributed by atoms with van der Waals surface area (Å²) in [6.45, 7) is 2.09. The van der Waals surface area contributed by atoms with Gasteiger partial charge in [-0.1, -0.05) is 78.4 Å². The number of rotatable bonds is 4. The Labute approximate surface area is 187 Å². The number of nitrogens with two attached hydrogens (primary N) is 1. The van der Waals surface area contributed by atoms with Gasteiger partial charge in [-0.15, -0.1) is 10.2 Å². The molecule has 5 rings (SSSR count). The standard InChI is InChI=1S/C28H22N4/c1-19-11-14-23(20-7-3-2-4-8-20)25(17-19)26-16-13-22(18-30-26)31-32-27-15-12-21-9-5-6-10-24(21)28(27)29/h2-18H,29H2,1H3. The van der Waals surface area contributed by atoms with Crippen molar-refractivity contribution >= 4 is 27.8 Å². The van der Waals surface area contributed by atoms with Crippen LogP contribution in [0.3, 0.4) is 0 Å². The van der Waals surface area contributed by atoms with Crippen LogP contribution in [0.1, 0.15) is 5.56 Å². The fraction of sp³-hybridized carbons (Fsp3) is 0.0357. The molecule has 4 aromatic carbocycles. The van der Waals surface area contributed by atoms with Crippen molar-refractivity contribution < 1.29 is 0 Å². The van der Waals surface area contributed by atoms with Crippen LogP contribution in [-0.4, -0.2) is 4.98 Å². The first-order valence-corrected chi connectivity index (χ1v) is 10.5. The first kappa shape index (κ1) is 19.6. The molecule has 0 saturated carbocycles. The SMILES string of the molecule is Cc1ccc(-c2ccccc2)c(-c2ccc(N=Nc3ccc4ccccc4c3N)cn2)c1. The Morgan fingerprint density at radius 2 is 1.53 bits per heavy atom. The van der Waals surface area contributed by atoms with Crippen LogP contribution < -0.4 is 5.73 Å². The van der Waals surface area contributed by atoms with Crippen molar-refractivity contribution in [2.75, 3.05) is 5.73 Å². The van der Waals surface area contributed by atoms with Crippen LogP contribution in [0, 0.1) is 6.92 Å². The Morgan fingerprint density at radius 3 is 2.34 bits per heavy atom. The molecule has 0 fully saturated rings. The number of azo groups is 1. The van der Waals surface area contributed by atoms with E-state index in [0.29, 0.717) is 17.1 Å². The molecule has 0 bridgehead atoms. The molecule has 0 atom stereocenters. The lowest BCUT2D eigenvalue weighted by Crippen LogP contribution is -1.89. The highest BCUT2D eigenvalue weighted by atomic mass is 15.1. The zero-order valence-electron chi connectivity index (χ0n) is 17.7. The van der Waals surface area contributed by atoms with E-state index in [-0.39, 0.29) is 0 Å². The molecular weight excluding hydrogens is 392 g/mol. The molecule has 0 aliphatic carbocycles. The second-order valence-corrected chi connectivity index (χ2v) is 7.74. The minimum Gasteiger partial charge on any atom is -0.396 e. The fourth-order valence-electron chi connectivity index (χ4n) is 3.83. The third-order valence-electron chi connectivity index (χ3n) is 5.50. The van der Waals surface area contributed by atoms with Gasteiger partial charge >= 0.3 is 0 Å². The van der Waals surface area contributed by atoms with Crippen molar-refractivity contribution in [2.24, 2.45) is 10.2 Å². The number of fused-ring (bicyclic) bond motifs is 1. The number of aryl methyl sites for hydroxylation is 1. The lowest BCUT2D eigenvalue weighted by Gasteiger charge is -2.11. The maximum atomic E-state index is 6.30. The summed E-state index contributed by atoms with van der Waals surface area (Å²) in [6.07, 6.45) is 1.74. The van der Waals surface area contributed by atoms with E-state index in [1.165, 1.54) is 11.1 Å². The molecule has 0 aliphatic heterocycles. The second kappa shape index (κ2) is 8.44. The summed E-state index contributed by atoms with van der Waals surface area (Å²) < 4.78 is 0. The Morgan fingerprint density at radius 1 is 0.719 bits per heavy atom. The largest absolute Gasteiger partial charge is 0.396 e. The van der Waals surface area contributed by atoms with E-state index in [0.717, 1.165) is 27.6 Å². The third-order valence-corrected chi connectivity index (χ3v) is 5.50. The number of hydrogen-bond acceptors (Lipinski definition) is 4. The van der Waals surface area contributed by atoms with Gasteiger partial charge in [0.1, 0.15) is 11.4 Å². The quantitative estimate of drug-likeness (QED) is 0.240. The average Bonchev–Trinajstić information content (AvgIpc) is 2.85. The van der Waals surface area contributed by atoms with Crippen LogP contribution in [0.25, 0.3) is 33.2 Å². The van der Waals surface area contributed by atoms with Crippen molar-refractivity contribution in [1.29, 1.82) is 0 Å². The van der Waals surface area contributed by atoms with Gasteiger partial charge in [-0.05, 0) is 47.7 Å². The smallest absolute Gasteiger partial charge is 0.109 e. The van der Waals surface area contributed by atoms with Crippen molar-refractivity contribution in [2.45, 2.75) is 6.92 Å². The number of benzene rings is 4. The van der Waals surface area contributed by atoms with E-state index in [1.807, 2.05) is 66.7 Å². The van der Waals surface area contributed by atoms with Crippen molar-refractivity contribution in [3.63, 3.8) is 0 Å². The number of nitrogens with zero attached hydrogens (tertiary/aromatic N) is 3. The van der Waals surface area contributed by atoms with Crippen LogP contribution in [-0.2, 0) is 0 Å². The summed E-state index contributed by atoms with van der Waals surface area (Å²) in [6, 6.07) is 32.6. The summed E-state index contributed by atoms with van der Waals surface area (Å²) in [4.78, 5) is 4.68. The van der Waals surface area contributed by atoms with Crippen LogP contribution in [0.15, 0.2) is 113 Å². The number of anilines is 1. The molecular formula is C28H22N4. The van der Waals surface area contributed by atoms with Gasteiger partial charge in [0, 0.05) is 10.9 Å². The van der Waals surface area contributed by atoms with Crippen molar-refractivity contribution in [3.05, 3.63) is 109 Å². The lowest BCUT2D eigenvalue weighted by molar-refractivity contribution is 1.20. The van der Waals surface area contributed by atoms with Gasteiger partial charge in [-0.25, -0.2) is 0 Å². The van der Waals surface area contributed by atoms with E-state index in [1.54, 1.807) is 6.20 Å². The lowest BCUT2D eigenvalue weighted by atomic mass is 9.95. The summed E-state index contributed by atoms with van der Waals surface area (Å²) in [5.74, 6) is 0. The van der Waals surface area contributed by atoms with Crippen molar-refractivity contribution in [3.8, 4) is 22.4 Å². The molecule has 5 aromatic rings. The van der Waals surface area contributed by atoms with Crippen LogP contribution in [0.5, 0.6) is 0 Å². The molecule has 4 nitrogen and oxygen atoms in total. The van der Waals surface area contributed by atoms with Crippen molar-refractivity contribution in [1.82, 2.24) is 4.98 Å². The van der Waals surface area contributed by atoms with E-state index in [9.17, 15) is 0 Å². The predicted molar refractivity (Wildman–Crippen MR) is 132 cm³/mol. The molecule has 0 spiro atoms. The highest BCUT2D eigenvalue weighted by molar-refractivity contribution is 5.98. The molecule has 0 saturated heterocycles. The Hall–Kier alpha value is -4.31. The zero-order chi connectivity index (χ0) is 21.9. The molecule has 2 N–H and O–H groups in total. The molecule has 32 heavy (non-hydrogen) atoms. The van der Waals surface area contributed by atoms with E-state index in [4.69, 9.17) is 5.73 Å². The number of nitrogen functional groups attached to an aromatic ring is 1. The highest BCUT2D eigenvalue weighted by Gasteiger charge is 2.09. The highest BCUT2D eigenvalue weighted by Crippen LogP contribution is 2.34. The van der Waals surface area contributed by atoms with Gasteiger partial charge < -0.3 is 5.73 Å². The zero-order valence-corrected chi connectivity index (χ0v) is 17.7. The van der Waals surface area contributed by atoms with E-state index < -0.39 is 0 Å². The predicted octanol–water partition coefficient (Wildman–Crippen LogP) is 7.87. The Kier molecular flexibility index (Phi) is 5.18. The first-order valence-electron chi connectivity index (χ1n) is 10.5. The maximum Gasteiger partial charge on any atom is 0.109 e. The monoisotopic (exact) mass is 414 g/mol. The minimum absolute atomic E-state index is 0.628. The number of hydrogen-bond donors (Lipinski definition) is 1. The van der Waals surface area contributed by atoms with E-state index in [2.05, 4.69) is 52.5 Å². The third kappa shape index (κ3) is 3.86. The van der Waals surface area contributed by atoms with Crippen LogP contribution in [0.2, 0.25) is 0 Å². The summed E-state index contributed by atoms with van der Waals surface area (Å²) in [5.41, 5.74) is 13.8. The first-order chi connectivity index (χ1) is 15.7. The van der Waals surface area contributed by atoms with Crippen LogP contribution in [0.4, 0.5) is 17.1 Å². The Bertz CT molecular complexity index is 1420. The molecule has 0 amide bonds.